The molecule has 0 saturated heterocycles. The molecule has 0 unspecified atom stereocenters. The molecule has 6 nitrogen and oxygen atoms in total. The van der Waals surface area contributed by atoms with Crippen molar-refractivity contribution < 1.29 is 9.18 Å². The zero-order valence-electron chi connectivity index (χ0n) is 11.1. The SMILES string of the molecule is Cc1cc(N)cc(C(=O)NCCCn2ccnn2)c1F. The molecule has 0 aliphatic carbocycles. The second-order valence-electron chi connectivity index (χ2n) is 4.47. The summed E-state index contributed by atoms with van der Waals surface area (Å²) in [7, 11) is 0. The Bertz CT molecular complexity index is 597. The molecule has 0 fully saturated rings. The van der Waals surface area contributed by atoms with Crippen molar-refractivity contribution in [2.45, 2.75) is 19.9 Å². The summed E-state index contributed by atoms with van der Waals surface area (Å²) in [6.07, 6.45) is 4.00. The first-order valence-corrected chi connectivity index (χ1v) is 6.26. The molecule has 106 valence electrons. The maximum absolute atomic E-state index is 13.8. The summed E-state index contributed by atoms with van der Waals surface area (Å²) in [5, 5.41) is 10.1. The van der Waals surface area contributed by atoms with Crippen LogP contribution in [0.15, 0.2) is 24.5 Å². The van der Waals surface area contributed by atoms with Crippen LogP contribution in [0, 0.1) is 12.7 Å². The van der Waals surface area contributed by atoms with Crippen molar-refractivity contribution in [3.63, 3.8) is 0 Å². The number of hydrogen-bond acceptors (Lipinski definition) is 4. The van der Waals surface area contributed by atoms with E-state index in [0.29, 0.717) is 30.8 Å². The van der Waals surface area contributed by atoms with Gasteiger partial charge in [-0.3, -0.25) is 9.48 Å². The quantitative estimate of drug-likeness (QED) is 0.633. The third-order valence-corrected chi connectivity index (χ3v) is 2.84. The number of nitrogens with zero attached hydrogens (tertiary/aromatic N) is 3. The van der Waals surface area contributed by atoms with Crippen LogP contribution in [0.3, 0.4) is 0 Å². The summed E-state index contributed by atoms with van der Waals surface area (Å²) < 4.78 is 15.5. The molecule has 0 aliphatic heterocycles. The standard InChI is InChI=1S/C13H16FN5O/c1-9-7-10(15)8-11(12(9)14)13(20)16-3-2-5-19-6-4-17-18-19/h4,6-8H,2-3,5,15H2,1H3,(H,16,20). The van der Waals surface area contributed by atoms with E-state index in [1.165, 1.54) is 12.1 Å². The van der Waals surface area contributed by atoms with E-state index in [0.717, 1.165) is 0 Å². The summed E-state index contributed by atoms with van der Waals surface area (Å²) in [5.41, 5.74) is 6.33. The molecule has 0 atom stereocenters. The Morgan fingerprint density at radius 2 is 2.30 bits per heavy atom. The van der Waals surface area contributed by atoms with Crippen LogP contribution in [0.25, 0.3) is 0 Å². The third kappa shape index (κ3) is 3.31. The monoisotopic (exact) mass is 277 g/mol. The van der Waals surface area contributed by atoms with Crippen molar-refractivity contribution in [2.75, 3.05) is 12.3 Å². The molecule has 0 bridgehead atoms. The fourth-order valence-corrected chi connectivity index (χ4v) is 1.85. The van der Waals surface area contributed by atoms with E-state index in [1.54, 1.807) is 24.0 Å². The van der Waals surface area contributed by atoms with Crippen LogP contribution in [-0.4, -0.2) is 27.4 Å². The Morgan fingerprint density at radius 3 is 3.00 bits per heavy atom. The highest BCUT2D eigenvalue weighted by atomic mass is 19.1. The average Bonchev–Trinajstić information content (AvgIpc) is 2.91. The van der Waals surface area contributed by atoms with E-state index >= 15 is 0 Å². The Balaban J connectivity index is 1.89. The fourth-order valence-electron chi connectivity index (χ4n) is 1.85. The van der Waals surface area contributed by atoms with E-state index in [2.05, 4.69) is 15.6 Å². The molecule has 0 radical (unpaired) electrons. The van der Waals surface area contributed by atoms with Crippen LogP contribution < -0.4 is 11.1 Å². The van der Waals surface area contributed by atoms with Gasteiger partial charge in [0.1, 0.15) is 5.82 Å². The molecule has 2 rings (SSSR count). The second kappa shape index (κ2) is 6.14. The van der Waals surface area contributed by atoms with Gasteiger partial charge < -0.3 is 11.1 Å². The van der Waals surface area contributed by atoms with Gasteiger partial charge in [0.15, 0.2) is 0 Å². The Hall–Kier alpha value is -2.44. The Kier molecular flexibility index (Phi) is 4.29. The highest BCUT2D eigenvalue weighted by Crippen LogP contribution is 2.16. The summed E-state index contributed by atoms with van der Waals surface area (Å²) in [4.78, 5) is 11.9. The summed E-state index contributed by atoms with van der Waals surface area (Å²) >= 11 is 0. The van der Waals surface area contributed by atoms with Gasteiger partial charge in [0.05, 0.1) is 11.8 Å². The van der Waals surface area contributed by atoms with Gasteiger partial charge in [0.2, 0.25) is 0 Å². The first-order chi connectivity index (χ1) is 9.58. The molecular formula is C13H16FN5O. The molecule has 0 aliphatic rings. The van der Waals surface area contributed by atoms with Gasteiger partial charge in [0.25, 0.3) is 5.91 Å². The van der Waals surface area contributed by atoms with Crippen LogP contribution in [0.5, 0.6) is 0 Å². The predicted molar refractivity (Wildman–Crippen MR) is 72.5 cm³/mol. The number of aryl methyl sites for hydroxylation is 2. The number of carbonyl (C=O) groups is 1. The zero-order chi connectivity index (χ0) is 14.5. The van der Waals surface area contributed by atoms with Gasteiger partial charge in [-0.15, -0.1) is 5.10 Å². The molecule has 1 aromatic heterocycles. The summed E-state index contributed by atoms with van der Waals surface area (Å²) in [6, 6.07) is 2.84. The lowest BCUT2D eigenvalue weighted by Crippen LogP contribution is -2.26. The maximum Gasteiger partial charge on any atom is 0.254 e. The lowest BCUT2D eigenvalue weighted by molar-refractivity contribution is 0.0948. The van der Waals surface area contributed by atoms with Crippen LogP contribution in [0.1, 0.15) is 22.3 Å². The van der Waals surface area contributed by atoms with Crippen LogP contribution in [0.4, 0.5) is 10.1 Å². The van der Waals surface area contributed by atoms with Gasteiger partial charge in [-0.05, 0) is 31.0 Å². The number of nitrogens with one attached hydrogen (secondary N) is 1. The lowest BCUT2D eigenvalue weighted by atomic mass is 10.1. The zero-order valence-corrected chi connectivity index (χ0v) is 11.1. The number of hydrogen-bond donors (Lipinski definition) is 2. The number of anilines is 1. The highest BCUT2D eigenvalue weighted by molar-refractivity contribution is 5.95. The number of nitrogen functional groups attached to an aromatic ring is 1. The van der Waals surface area contributed by atoms with Gasteiger partial charge >= 0.3 is 0 Å². The molecule has 1 heterocycles. The number of carbonyl (C=O) groups excluding carboxylic acids is 1. The third-order valence-electron chi connectivity index (χ3n) is 2.84. The van der Waals surface area contributed by atoms with Crippen molar-refractivity contribution in [1.29, 1.82) is 0 Å². The van der Waals surface area contributed by atoms with Crippen molar-refractivity contribution >= 4 is 11.6 Å². The van der Waals surface area contributed by atoms with E-state index in [9.17, 15) is 9.18 Å². The van der Waals surface area contributed by atoms with Crippen molar-refractivity contribution in [3.8, 4) is 0 Å². The van der Waals surface area contributed by atoms with Crippen molar-refractivity contribution in [2.24, 2.45) is 0 Å². The minimum Gasteiger partial charge on any atom is -0.399 e. The number of aromatic nitrogens is 3. The van der Waals surface area contributed by atoms with Gasteiger partial charge in [-0.25, -0.2) is 4.39 Å². The van der Waals surface area contributed by atoms with Crippen LogP contribution >= 0.6 is 0 Å². The number of amides is 1. The van der Waals surface area contributed by atoms with Crippen molar-refractivity contribution in [3.05, 3.63) is 41.5 Å². The van der Waals surface area contributed by atoms with E-state index < -0.39 is 11.7 Å². The first-order valence-electron chi connectivity index (χ1n) is 6.26. The minimum absolute atomic E-state index is 0.0248. The Morgan fingerprint density at radius 1 is 1.50 bits per heavy atom. The minimum atomic E-state index is -0.534. The summed E-state index contributed by atoms with van der Waals surface area (Å²) in [6.45, 7) is 2.64. The molecule has 3 N–H and O–H groups in total. The number of halogens is 1. The first kappa shape index (κ1) is 14.0. The van der Waals surface area contributed by atoms with Crippen LogP contribution in [-0.2, 0) is 6.54 Å². The normalized spacial score (nSPS) is 10.5. The molecule has 2 aromatic rings. The topological polar surface area (TPSA) is 85.8 Å². The van der Waals surface area contributed by atoms with Gasteiger partial charge in [0, 0.05) is 25.0 Å². The number of rotatable bonds is 5. The lowest BCUT2D eigenvalue weighted by Gasteiger charge is -2.08. The smallest absolute Gasteiger partial charge is 0.254 e. The molecule has 7 heteroatoms. The van der Waals surface area contributed by atoms with Crippen molar-refractivity contribution in [1.82, 2.24) is 20.3 Å². The molecule has 1 amide bonds. The molecule has 1 aromatic carbocycles. The highest BCUT2D eigenvalue weighted by Gasteiger charge is 2.14. The molecule has 0 saturated carbocycles. The largest absolute Gasteiger partial charge is 0.399 e. The molecule has 20 heavy (non-hydrogen) atoms. The number of benzene rings is 1. The maximum atomic E-state index is 13.8. The fraction of sp³-hybridized carbons (Fsp3) is 0.308. The van der Waals surface area contributed by atoms with Gasteiger partial charge in [-0.2, -0.15) is 0 Å². The summed E-state index contributed by atoms with van der Waals surface area (Å²) in [5.74, 6) is -0.996. The predicted octanol–water partition coefficient (Wildman–Crippen LogP) is 1.13. The number of nitrogens with two attached hydrogens (primary N) is 1. The Labute approximate surface area is 115 Å². The second-order valence-corrected chi connectivity index (χ2v) is 4.47. The van der Waals surface area contributed by atoms with Crippen LogP contribution in [0.2, 0.25) is 0 Å². The van der Waals surface area contributed by atoms with Gasteiger partial charge in [-0.1, -0.05) is 5.21 Å². The molecular weight excluding hydrogens is 261 g/mol. The van der Waals surface area contributed by atoms with E-state index in [-0.39, 0.29) is 5.56 Å². The van der Waals surface area contributed by atoms with E-state index in [1.807, 2.05) is 0 Å². The average molecular weight is 277 g/mol. The van der Waals surface area contributed by atoms with E-state index in [4.69, 9.17) is 5.73 Å². The molecule has 0 spiro atoms.